The fourth-order valence-electron chi connectivity index (χ4n) is 8.29. The van der Waals surface area contributed by atoms with Gasteiger partial charge in [0.05, 0.1) is 16.7 Å². The van der Waals surface area contributed by atoms with Gasteiger partial charge in [0.2, 0.25) is 0 Å². The molecule has 52 heavy (non-hydrogen) atoms. The highest BCUT2D eigenvalue weighted by Gasteiger charge is 2.31. The van der Waals surface area contributed by atoms with E-state index in [-0.39, 0.29) is 0 Å². The predicted molar refractivity (Wildman–Crippen MR) is 214 cm³/mol. The van der Waals surface area contributed by atoms with Crippen LogP contribution in [0.4, 0.5) is 0 Å². The van der Waals surface area contributed by atoms with Crippen LogP contribution in [-0.4, -0.2) is 19.9 Å². The van der Waals surface area contributed by atoms with E-state index < -0.39 is 0 Å². The Morgan fingerprint density at radius 3 is 1.62 bits per heavy atom. The number of hydrogen-bond donors (Lipinski definition) is 0. The molecule has 4 heteroatoms. The van der Waals surface area contributed by atoms with Crippen molar-refractivity contribution in [2.45, 2.75) is 0 Å². The highest BCUT2D eigenvalue weighted by Crippen LogP contribution is 2.58. The summed E-state index contributed by atoms with van der Waals surface area (Å²) in [5, 5.41) is 7.01. The van der Waals surface area contributed by atoms with Crippen molar-refractivity contribution in [2.75, 3.05) is 0 Å². The van der Waals surface area contributed by atoms with Crippen molar-refractivity contribution in [3.63, 3.8) is 0 Å². The maximum atomic E-state index is 5.03. The normalized spacial score (nSPS) is 11.8. The topological polar surface area (TPSA) is 51.6 Å². The van der Waals surface area contributed by atoms with Crippen molar-refractivity contribution in [3.05, 3.63) is 170 Å². The predicted octanol–water partition coefficient (Wildman–Crippen LogP) is 12.2. The Morgan fingerprint density at radius 2 is 0.923 bits per heavy atom. The van der Waals surface area contributed by atoms with Gasteiger partial charge in [-0.25, -0.2) is 15.0 Å². The van der Waals surface area contributed by atoms with E-state index in [1.807, 2.05) is 30.7 Å². The average molecular weight is 661 g/mol. The van der Waals surface area contributed by atoms with Gasteiger partial charge in [-0.1, -0.05) is 133 Å². The van der Waals surface area contributed by atoms with Gasteiger partial charge in [-0.15, -0.1) is 0 Å². The largest absolute Gasteiger partial charge is 0.254 e. The molecule has 0 saturated carbocycles. The smallest absolute Gasteiger partial charge is 0.159 e. The summed E-state index contributed by atoms with van der Waals surface area (Å²) in [5.41, 5.74) is 14.5. The average Bonchev–Trinajstić information content (AvgIpc) is 3.55. The number of rotatable bonds is 4. The zero-order valence-electron chi connectivity index (χ0n) is 28.0. The van der Waals surface area contributed by atoms with Gasteiger partial charge in [-0.3, -0.25) is 4.98 Å². The molecule has 0 amide bonds. The first-order valence-electron chi connectivity index (χ1n) is 17.6. The molecule has 0 N–H and O–H groups in total. The molecule has 0 saturated heterocycles. The molecule has 10 aromatic rings. The van der Waals surface area contributed by atoms with Crippen LogP contribution in [0.3, 0.4) is 0 Å². The molecule has 0 spiro atoms. The van der Waals surface area contributed by atoms with E-state index in [1.54, 1.807) is 0 Å². The number of fused-ring (bicyclic) bond motifs is 7. The van der Waals surface area contributed by atoms with E-state index in [9.17, 15) is 0 Å². The summed E-state index contributed by atoms with van der Waals surface area (Å²) in [5.74, 6) is 0.688. The fourth-order valence-corrected chi connectivity index (χ4v) is 8.29. The first-order valence-corrected chi connectivity index (χ1v) is 17.6. The summed E-state index contributed by atoms with van der Waals surface area (Å²) in [7, 11) is 0. The Balaban J connectivity index is 1.11. The van der Waals surface area contributed by atoms with Crippen LogP contribution in [0.15, 0.2) is 170 Å². The molecule has 0 bridgehead atoms. The van der Waals surface area contributed by atoms with Crippen LogP contribution in [0.25, 0.3) is 111 Å². The number of benzene rings is 7. The molecule has 1 aliphatic carbocycles. The van der Waals surface area contributed by atoms with Crippen molar-refractivity contribution < 1.29 is 0 Å². The summed E-state index contributed by atoms with van der Waals surface area (Å²) in [6.07, 6.45) is 5.60. The molecule has 11 rings (SSSR count). The summed E-state index contributed by atoms with van der Waals surface area (Å²) in [4.78, 5) is 19.6. The molecular formula is C48H28N4. The standard InChI is InChI=1S/C48H28N4/c1-3-11-29(12-4-1)41-34-16-7-8-17-35(34)42(30-13-5-2-6-14-30)45-39-24-23-37(36-18-9-19-38(43(36)39)44(41)45)48-50-27-33(28-51-48)40-25-22-32-21-20-31-15-10-26-49-46(31)47(32)52-40/h1-28H. The van der Waals surface area contributed by atoms with Gasteiger partial charge in [-0.2, -0.15) is 0 Å². The van der Waals surface area contributed by atoms with Gasteiger partial charge in [0.1, 0.15) is 0 Å². The molecule has 240 valence electrons. The Bertz CT molecular complexity index is 2950. The molecule has 0 aliphatic heterocycles. The second-order valence-electron chi connectivity index (χ2n) is 13.4. The van der Waals surface area contributed by atoms with E-state index in [2.05, 4.69) is 145 Å². The Labute approximate surface area is 299 Å². The van der Waals surface area contributed by atoms with Crippen LogP contribution in [-0.2, 0) is 0 Å². The molecule has 0 radical (unpaired) electrons. The van der Waals surface area contributed by atoms with Crippen LogP contribution in [0.1, 0.15) is 0 Å². The van der Waals surface area contributed by atoms with Crippen LogP contribution >= 0.6 is 0 Å². The third-order valence-electron chi connectivity index (χ3n) is 10.5. The molecule has 7 aromatic carbocycles. The molecule has 0 unspecified atom stereocenters. The van der Waals surface area contributed by atoms with Crippen molar-refractivity contribution in [1.82, 2.24) is 19.9 Å². The van der Waals surface area contributed by atoms with Gasteiger partial charge in [-0.05, 0) is 84.3 Å². The van der Waals surface area contributed by atoms with Crippen molar-refractivity contribution in [2.24, 2.45) is 0 Å². The van der Waals surface area contributed by atoms with Gasteiger partial charge in [0.15, 0.2) is 5.82 Å². The summed E-state index contributed by atoms with van der Waals surface area (Å²) in [6, 6.07) is 54.0. The number of hydrogen-bond acceptors (Lipinski definition) is 4. The van der Waals surface area contributed by atoms with Gasteiger partial charge in [0.25, 0.3) is 0 Å². The lowest BCUT2D eigenvalue weighted by Gasteiger charge is -2.20. The highest BCUT2D eigenvalue weighted by molar-refractivity contribution is 6.28. The maximum Gasteiger partial charge on any atom is 0.159 e. The quantitative estimate of drug-likeness (QED) is 0.176. The number of nitrogens with zero attached hydrogens (tertiary/aromatic N) is 4. The zero-order chi connectivity index (χ0) is 34.2. The molecule has 4 nitrogen and oxygen atoms in total. The second kappa shape index (κ2) is 11.2. The molecule has 0 atom stereocenters. The molecule has 3 heterocycles. The van der Waals surface area contributed by atoms with E-state index in [0.717, 1.165) is 44.0 Å². The lowest BCUT2D eigenvalue weighted by Crippen LogP contribution is -1.94. The van der Waals surface area contributed by atoms with Crippen LogP contribution < -0.4 is 0 Å². The minimum absolute atomic E-state index is 0.688. The minimum atomic E-state index is 0.688. The highest BCUT2D eigenvalue weighted by atomic mass is 14.9. The molecular weight excluding hydrogens is 633 g/mol. The van der Waals surface area contributed by atoms with E-state index in [4.69, 9.17) is 15.0 Å². The first-order chi connectivity index (χ1) is 25.8. The molecule has 0 fully saturated rings. The summed E-state index contributed by atoms with van der Waals surface area (Å²) in [6.45, 7) is 0. The molecule has 3 aromatic heterocycles. The van der Waals surface area contributed by atoms with Gasteiger partial charge < -0.3 is 0 Å². The van der Waals surface area contributed by atoms with Crippen LogP contribution in [0, 0.1) is 0 Å². The summed E-state index contributed by atoms with van der Waals surface area (Å²) >= 11 is 0. The fraction of sp³-hybridized carbons (Fsp3) is 0. The Kier molecular flexibility index (Phi) is 6.22. The van der Waals surface area contributed by atoms with Crippen LogP contribution in [0.5, 0.6) is 0 Å². The number of aromatic nitrogens is 4. The third-order valence-corrected chi connectivity index (χ3v) is 10.5. The van der Waals surface area contributed by atoms with E-state index in [0.29, 0.717) is 5.82 Å². The zero-order valence-corrected chi connectivity index (χ0v) is 28.0. The van der Waals surface area contributed by atoms with E-state index in [1.165, 1.54) is 60.7 Å². The van der Waals surface area contributed by atoms with Gasteiger partial charge >= 0.3 is 0 Å². The monoisotopic (exact) mass is 660 g/mol. The SMILES string of the molecule is c1ccc(-c2c3c(c(-c4ccccc4)c4ccccc24)-c2ccc(-c4ncc(-c5ccc6ccc7cccnc7c6n5)cn4)c4cccc-3c24)cc1. The molecule has 1 aliphatic rings. The Morgan fingerprint density at radius 1 is 0.346 bits per heavy atom. The maximum absolute atomic E-state index is 5.03. The first kappa shape index (κ1) is 28.8. The summed E-state index contributed by atoms with van der Waals surface area (Å²) < 4.78 is 0. The van der Waals surface area contributed by atoms with Crippen molar-refractivity contribution in [1.29, 1.82) is 0 Å². The van der Waals surface area contributed by atoms with Crippen molar-refractivity contribution >= 4 is 43.4 Å². The minimum Gasteiger partial charge on any atom is -0.254 e. The Hall–Kier alpha value is -7.04. The second-order valence-corrected chi connectivity index (χ2v) is 13.4. The van der Waals surface area contributed by atoms with E-state index >= 15 is 0 Å². The third kappa shape index (κ3) is 4.21. The van der Waals surface area contributed by atoms with Crippen molar-refractivity contribution in [3.8, 4) is 67.2 Å². The lowest BCUT2D eigenvalue weighted by molar-refractivity contribution is 1.17. The van der Waals surface area contributed by atoms with Gasteiger partial charge in [0, 0.05) is 40.5 Å². The number of pyridine rings is 2. The van der Waals surface area contributed by atoms with Crippen LogP contribution in [0.2, 0.25) is 0 Å². The lowest BCUT2D eigenvalue weighted by atomic mass is 9.82.